The Balaban J connectivity index is 1.80. The molecule has 4 aromatic rings. The lowest BCUT2D eigenvalue weighted by atomic mass is 10.1. The highest BCUT2D eigenvalue weighted by molar-refractivity contribution is 9.10. The highest BCUT2D eigenvalue weighted by Crippen LogP contribution is 2.25. The molecule has 138 valence electrons. The van der Waals surface area contributed by atoms with Crippen molar-refractivity contribution in [3.05, 3.63) is 117 Å². The average molecular weight is 432 g/mol. The summed E-state index contributed by atoms with van der Waals surface area (Å²) >= 11 is 3.45. The lowest BCUT2D eigenvalue weighted by Gasteiger charge is -2.05. The van der Waals surface area contributed by atoms with Crippen molar-refractivity contribution < 1.29 is 4.42 Å². The van der Waals surface area contributed by atoms with E-state index in [1.54, 1.807) is 4.57 Å². The van der Waals surface area contributed by atoms with Crippen LogP contribution < -0.4 is 5.76 Å². The monoisotopic (exact) mass is 431 g/mol. The molecule has 0 saturated carbocycles. The SMILES string of the molecule is O=c1oc(-c2ccccc2)c(/C=C/c2ccc(Br)cc2)n1Cc1ccccc1. The Labute approximate surface area is 171 Å². The summed E-state index contributed by atoms with van der Waals surface area (Å²) in [6, 6.07) is 27.6. The molecule has 0 spiro atoms. The number of hydrogen-bond donors (Lipinski definition) is 0. The summed E-state index contributed by atoms with van der Waals surface area (Å²) < 4.78 is 8.36. The van der Waals surface area contributed by atoms with Gasteiger partial charge in [-0.2, -0.15) is 0 Å². The maximum atomic E-state index is 12.7. The van der Waals surface area contributed by atoms with Crippen LogP contribution in [0.3, 0.4) is 0 Å². The van der Waals surface area contributed by atoms with Crippen LogP contribution in [0.15, 0.2) is 98.6 Å². The first kappa shape index (κ1) is 18.3. The van der Waals surface area contributed by atoms with Gasteiger partial charge in [0.25, 0.3) is 0 Å². The van der Waals surface area contributed by atoms with Crippen molar-refractivity contribution >= 4 is 28.1 Å². The van der Waals surface area contributed by atoms with Crippen LogP contribution >= 0.6 is 15.9 Å². The molecule has 4 heteroatoms. The van der Waals surface area contributed by atoms with Gasteiger partial charge in [0.15, 0.2) is 5.76 Å². The molecular weight excluding hydrogens is 414 g/mol. The third-order valence-electron chi connectivity index (χ3n) is 4.46. The van der Waals surface area contributed by atoms with Gasteiger partial charge in [0, 0.05) is 10.0 Å². The predicted molar refractivity (Wildman–Crippen MR) is 117 cm³/mol. The van der Waals surface area contributed by atoms with E-state index in [-0.39, 0.29) is 5.76 Å². The maximum absolute atomic E-state index is 12.7. The molecule has 28 heavy (non-hydrogen) atoms. The minimum atomic E-state index is -0.363. The summed E-state index contributed by atoms with van der Waals surface area (Å²) in [4.78, 5) is 12.7. The van der Waals surface area contributed by atoms with E-state index in [0.717, 1.165) is 26.9 Å². The van der Waals surface area contributed by atoms with E-state index in [4.69, 9.17) is 4.42 Å². The highest BCUT2D eigenvalue weighted by Gasteiger charge is 2.16. The van der Waals surface area contributed by atoms with Gasteiger partial charge in [-0.15, -0.1) is 0 Å². The molecule has 3 nitrogen and oxygen atoms in total. The van der Waals surface area contributed by atoms with Crippen LogP contribution in [0.4, 0.5) is 0 Å². The van der Waals surface area contributed by atoms with E-state index in [9.17, 15) is 4.79 Å². The van der Waals surface area contributed by atoms with Gasteiger partial charge in [-0.1, -0.05) is 94.8 Å². The van der Waals surface area contributed by atoms with E-state index in [2.05, 4.69) is 15.9 Å². The van der Waals surface area contributed by atoms with Crippen molar-refractivity contribution in [2.75, 3.05) is 0 Å². The third-order valence-corrected chi connectivity index (χ3v) is 4.99. The summed E-state index contributed by atoms with van der Waals surface area (Å²) in [6.07, 6.45) is 3.93. The molecule has 0 amide bonds. The summed E-state index contributed by atoms with van der Waals surface area (Å²) in [5.74, 6) is 0.216. The first-order valence-corrected chi connectivity index (χ1v) is 9.76. The first-order chi connectivity index (χ1) is 13.7. The van der Waals surface area contributed by atoms with Crippen LogP contribution in [-0.2, 0) is 6.54 Å². The van der Waals surface area contributed by atoms with Crippen molar-refractivity contribution in [1.82, 2.24) is 4.57 Å². The fourth-order valence-corrected chi connectivity index (χ4v) is 3.31. The minimum Gasteiger partial charge on any atom is -0.407 e. The van der Waals surface area contributed by atoms with E-state index in [0.29, 0.717) is 12.3 Å². The molecule has 0 fully saturated rings. The average Bonchev–Trinajstić information content (AvgIpc) is 3.04. The normalized spacial score (nSPS) is 11.2. The number of nitrogens with zero attached hydrogens (tertiary/aromatic N) is 1. The molecule has 0 N–H and O–H groups in total. The van der Waals surface area contributed by atoms with Crippen LogP contribution in [0.25, 0.3) is 23.5 Å². The molecule has 0 aliphatic carbocycles. The second kappa shape index (κ2) is 8.28. The minimum absolute atomic E-state index is 0.363. The topological polar surface area (TPSA) is 35.1 Å². The second-order valence-corrected chi connectivity index (χ2v) is 7.32. The lowest BCUT2D eigenvalue weighted by Crippen LogP contribution is -2.16. The van der Waals surface area contributed by atoms with Crippen molar-refractivity contribution in [3.63, 3.8) is 0 Å². The number of hydrogen-bond acceptors (Lipinski definition) is 2. The van der Waals surface area contributed by atoms with Crippen molar-refractivity contribution in [1.29, 1.82) is 0 Å². The van der Waals surface area contributed by atoms with Gasteiger partial charge in [-0.3, -0.25) is 4.57 Å². The molecule has 0 aliphatic heterocycles. The molecular formula is C24H18BrNO2. The Hall–Kier alpha value is -3.11. The van der Waals surface area contributed by atoms with E-state index in [1.807, 2.05) is 97.1 Å². The first-order valence-electron chi connectivity index (χ1n) is 8.97. The zero-order chi connectivity index (χ0) is 19.3. The molecule has 0 atom stereocenters. The molecule has 1 heterocycles. The number of aromatic nitrogens is 1. The molecule has 0 saturated heterocycles. The Morgan fingerprint density at radius 3 is 2.14 bits per heavy atom. The molecule has 1 aromatic heterocycles. The summed E-state index contributed by atoms with van der Waals surface area (Å²) in [5, 5.41) is 0. The molecule has 0 aliphatic rings. The largest absolute Gasteiger partial charge is 0.420 e. The quantitative estimate of drug-likeness (QED) is 0.383. The fraction of sp³-hybridized carbons (Fsp3) is 0.0417. The van der Waals surface area contributed by atoms with E-state index >= 15 is 0 Å². The van der Waals surface area contributed by atoms with Crippen LogP contribution in [0, 0.1) is 0 Å². The fourth-order valence-electron chi connectivity index (χ4n) is 3.04. The van der Waals surface area contributed by atoms with Gasteiger partial charge < -0.3 is 4.42 Å². The Morgan fingerprint density at radius 1 is 0.821 bits per heavy atom. The molecule has 0 radical (unpaired) electrons. The smallest absolute Gasteiger partial charge is 0.407 e. The summed E-state index contributed by atoms with van der Waals surface area (Å²) in [7, 11) is 0. The Morgan fingerprint density at radius 2 is 1.46 bits per heavy atom. The van der Waals surface area contributed by atoms with E-state index < -0.39 is 0 Å². The van der Waals surface area contributed by atoms with Crippen molar-refractivity contribution in [2.45, 2.75) is 6.54 Å². The maximum Gasteiger partial charge on any atom is 0.420 e. The van der Waals surface area contributed by atoms with Gasteiger partial charge in [0.1, 0.15) is 0 Å². The molecule has 3 aromatic carbocycles. The van der Waals surface area contributed by atoms with Crippen molar-refractivity contribution in [2.24, 2.45) is 0 Å². The highest BCUT2D eigenvalue weighted by atomic mass is 79.9. The van der Waals surface area contributed by atoms with Gasteiger partial charge in [0.05, 0.1) is 12.2 Å². The van der Waals surface area contributed by atoms with Gasteiger partial charge in [-0.05, 0) is 29.3 Å². The molecule has 0 unspecified atom stereocenters. The lowest BCUT2D eigenvalue weighted by molar-refractivity contribution is 0.497. The number of rotatable bonds is 5. The summed E-state index contributed by atoms with van der Waals surface area (Å²) in [6.45, 7) is 0.454. The Kier molecular flexibility index (Phi) is 5.40. The van der Waals surface area contributed by atoms with Crippen LogP contribution in [0.5, 0.6) is 0 Å². The van der Waals surface area contributed by atoms with Crippen LogP contribution in [0.2, 0.25) is 0 Å². The van der Waals surface area contributed by atoms with Crippen LogP contribution in [-0.4, -0.2) is 4.57 Å². The van der Waals surface area contributed by atoms with Gasteiger partial charge in [-0.25, -0.2) is 4.79 Å². The summed E-state index contributed by atoms with van der Waals surface area (Å²) in [5.41, 5.74) is 3.72. The van der Waals surface area contributed by atoms with Gasteiger partial charge in [0.2, 0.25) is 0 Å². The third kappa shape index (κ3) is 4.07. The number of oxazole rings is 1. The van der Waals surface area contributed by atoms with Crippen molar-refractivity contribution in [3.8, 4) is 11.3 Å². The van der Waals surface area contributed by atoms with Crippen LogP contribution in [0.1, 0.15) is 16.8 Å². The Bertz CT molecular complexity index is 1140. The second-order valence-electron chi connectivity index (χ2n) is 6.40. The zero-order valence-corrected chi connectivity index (χ0v) is 16.7. The van der Waals surface area contributed by atoms with Gasteiger partial charge >= 0.3 is 5.76 Å². The number of benzene rings is 3. The standard InChI is InChI=1S/C24H18BrNO2/c25-21-14-11-18(12-15-21)13-16-22-23(20-9-5-2-6-10-20)28-24(27)26(22)17-19-7-3-1-4-8-19/h1-16H,17H2/b16-13+. The molecule has 4 rings (SSSR count). The predicted octanol–water partition coefficient (Wildman–Crippen LogP) is 6.09. The van der Waals surface area contributed by atoms with E-state index in [1.165, 1.54) is 0 Å². The number of halogens is 1. The molecule has 0 bridgehead atoms. The zero-order valence-electron chi connectivity index (χ0n) is 15.1.